The Balaban J connectivity index is 1.89. The van der Waals surface area contributed by atoms with Gasteiger partial charge in [0.2, 0.25) is 0 Å². The molecular formula is C15H21N3. The first-order chi connectivity index (χ1) is 8.59. The van der Waals surface area contributed by atoms with Crippen molar-refractivity contribution in [1.82, 2.24) is 9.88 Å². The SMILES string of the molecule is CC1(C)C(N)CCN1Cc1c[nH]c2ccccc12. The van der Waals surface area contributed by atoms with Gasteiger partial charge in [-0.1, -0.05) is 18.2 Å². The molecule has 96 valence electrons. The number of aromatic amines is 1. The highest BCUT2D eigenvalue weighted by molar-refractivity contribution is 5.82. The number of nitrogens with one attached hydrogen (secondary N) is 1. The Labute approximate surface area is 108 Å². The van der Waals surface area contributed by atoms with Crippen LogP contribution in [0.1, 0.15) is 25.8 Å². The van der Waals surface area contributed by atoms with Crippen LogP contribution in [-0.4, -0.2) is 28.0 Å². The summed E-state index contributed by atoms with van der Waals surface area (Å²) < 4.78 is 0. The second-order valence-electron chi connectivity index (χ2n) is 5.83. The Morgan fingerprint density at radius 1 is 1.39 bits per heavy atom. The van der Waals surface area contributed by atoms with Crippen LogP contribution in [-0.2, 0) is 6.54 Å². The largest absolute Gasteiger partial charge is 0.361 e. The van der Waals surface area contributed by atoms with Crippen LogP contribution in [0.2, 0.25) is 0 Å². The second-order valence-corrected chi connectivity index (χ2v) is 5.83. The molecule has 3 heteroatoms. The van der Waals surface area contributed by atoms with Crippen LogP contribution in [0.3, 0.4) is 0 Å². The Bertz CT molecular complexity index is 556. The summed E-state index contributed by atoms with van der Waals surface area (Å²) in [6, 6.07) is 8.76. The topological polar surface area (TPSA) is 45.0 Å². The Morgan fingerprint density at radius 3 is 2.89 bits per heavy atom. The molecule has 18 heavy (non-hydrogen) atoms. The van der Waals surface area contributed by atoms with Gasteiger partial charge in [0.1, 0.15) is 0 Å². The maximum atomic E-state index is 6.20. The minimum absolute atomic E-state index is 0.0956. The second kappa shape index (κ2) is 4.11. The van der Waals surface area contributed by atoms with E-state index < -0.39 is 0 Å². The molecule has 0 amide bonds. The fraction of sp³-hybridized carbons (Fsp3) is 0.467. The number of hydrogen-bond donors (Lipinski definition) is 2. The lowest BCUT2D eigenvalue weighted by atomic mass is 9.96. The van der Waals surface area contributed by atoms with Crippen molar-refractivity contribution in [2.24, 2.45) is 5.73 Å². The van der Waals surface area contributed by atoms with Crippen LogP contribution in [0.25, 0.3) is 10.9 Å². The molecule has 0 saturated carbocycles. The van der Waals surface area contributed by atoms with E-state index >= 15 is 0 Å². The van der Waals surface area contributed by atoms with E-state index in [4.69, 9.17) is 5.73 Å². The predicted molar refractivity (Wildman–Crippen MR) is 75.4 cm³/mol. The van der Waals surface area contributed by atoms with Crippen LogP contribution in [0.15, 0.2) is 30.5 Å². The van der Waals surface area contributed by atoms with E-state index in [2.05, 4.69) is 54.2 Å². The molecule has 1 aromatic heterocycles. The molecule has 2 aromatic rings. The molecule has 1 atom stereocenters. The molecule has 3 N–H and O–H groups in total. The van der Waals surface area contributed by atoms with Crippen LogP contribution in [0.4, 0.5) is 0 Å². The number of hydrogen-bond acceptors (Lipinski definition) is 2. The summed E-state index contributed by atoms with van der Waals surface area (Å²) in [5, 5.41) is 1.33. The lowest BCUT2D eigenvalue weighted by molar-refractivity contribution is 0.155. The van der Waals surface area contributed by atoms with Gasteiger partial charge in [-0.15, -0.1) is 0 Å². The molecule has 1 aromatic carbocycles. The first kappa shape index (κ1) is 11.8. The Morgan fingerprint density at radius 2 is 2.17 bits per heavy atom. The fourth-order valence-corrected chi connectivity index (χ4v) is 2.92. The van der Waals surface area contributed by atoms with E-state index in [0.29, 0.717) is 0 Å². The number of nitrogens with two attached hydrogens (primary N) is 1. The van der Waals surface area contributed by atoms with Crippen molar-refractivity contribution < 1.29 is 0 Å². The van der Waals surface area contributed by atoms with Crippen LogP contribution >= 0.6 is 0 Å². The molecule has 0 bridgehead atoms. The smallest absolute Gasteiger partial charge is 0.0457 e. The summed E-state index contributed by atoms with van der Waals surface area (Å²) in [5.74, 6) is 0. The van der Waals surface area contributed by atoms with Gasteiger partial charge in [-0.3, -0.25) is 4.90 Å². The average Bonchev–Trinajstić information content (AvgIpc) is 2.87. The van der Waals surface area contributed by atoms with Gasteiger partial charge in [0.05, 0.1) is 0 Å². The zero-order chi connectivity index (χ0) is 12.8. The summed E-state index contributed by atoms with van der Waals surface area (Å²) in [7, 11) is 0. The maximum absolute atomic E-state index is 6.20. The van der Waals surface area contributed by atoms with E-state index in [1.165, 1.54) is 16.5 Å². The number of H-pyrrole nitrogens is 1. The normalized spacial score (nSPS) is 23.8. The standard InChI is InChI=1S/C15H21N3/c1-15(2)14(16)7-8-18(15)10-11-9-17-13-6-4-3-5-12(11)13/h3-6,9,14,17H,7-8,10,16H2,1-2H3. The van der Waals surface area contributed by atoms with Gasteiger partial charge in [-0.25, -0.2) is 0 Å². The summed E-state index contributed by atoms with van der Waals surface area (Å²) in [5.41, 5.74) is 8.88. The van der Waals surface area contributed by atoms with E-state index in [1.54, 1.807) is 0 Å². The molecule has 0 spiro atoms. The molecule has 2 heterocycles. The van der Waals surface area contributed by atoms with Gasteiger partial charge < -0.3 is 10.7 Å². The van der Waals surface area contributed by atoms with Gasteiger partial charge in [0.15, 0.2) is 0 Å². The van der Waals surface area contributed by atoms with Crippen LogP contribution in [0, 0.1) is 0 Å². The summed E-state index contributed by atoms with van der Waals surface area (Å²) >= 11 is 0. The number of benzene rings is 1. The number of rotatable bonds is 2. The molecule has 1 aliphatic heterocycles. The third kappa shape index (κ3) is 1.74. The van der Waals surface area contributed by atoms with Crippen LogP contribution < -0.4 is 5.73 Å². The zero-order valence-electron chi connectivity index (χ0n) is 11.1. The zero-order valence-corrected chi connectivity index (χ0v) is 11.1. The monoisotopic (exact) mass is 243 g/mol. The van der Waals surface area contributed by atoms with E-state index in [1.807, 2.05) is 0 Å². The van der Waals surface area contributed by atoms with Crippen molar-refractivity contribution in [3.63, 3.8) is 0 Å². The highest BCUT2D eigenvalue weighted by Crippen LogP contribution is 2.30. The van der Waals surface area contributed by atoms with Crippen molar-refractivity contribution in [3.05, 3.63) is 36.0 Å². The van der Waals surface area contributed by atoms with Gasteiger partial charge in [-0.2, -0.15) is 0 Å². The Hall–Kier alpha value is -1.32. The number of fused-ring (bicyclic) bond motifs is 1. The molecule has 3 rings (SSSR count). The molecule has 1 unspecified atom stereocenters. The highest BCUT2D eigenvalue weighted by Gasteiger charge is 2.38. The number of nitrogens with zero attached hydrogens (tertiary/aromatic N) is 1. The molecule has 1 saturated heterocycles. The molecule has 0 aliphatic carbocycles. The lowest BCUT2D eigenvalue weighted by Crippen LogP contribution is -2.48. The summed E-state index contributed by atoms with van der Waals surface area (Å²) in [4.78, 5) is 5.84. The highest BCUT2D eigenvalue weighted by atomic mass is 15.2. The van der Waals surface area contributed by atoms with Gasteiger partial charge >= 0.3 is 0 Å². The third-order valence-electron chi connectivity index (χ3n) is 4.47. The van der Waals surface area contributed by atoms with E-state index in [9.17, 15) is 0 Å². The van der Waals surface area contributed by atoms with Crippen molar-refractivity contribution in [2.75, 3.05) is 6.54 Å². The van der Waals surface area contributed by atoms with Gasteiger partial charge in [0, 0.05) is 41.8 Å². The van der Waals surface area contributed by atoms with Crippen molar-refractivity contribution >= 4 is 10.9 Å². The quantitative estimate of drug-likeness (QED) is 0.851. The summed E-state index contributed by atoms with van der Waals surface area (Å²) in [6.07, 6.45) is 3.22. The Kier molecular flexibility index (Phi) is 2.68. The molecule has 3 nitrogen and oxygen atoms in total. The minimum Gasteiger partial charge on any atom is -0.361 e. The van der Waals surface area contributed by atoms with Gasteiger partial charge in [0.25, 0.3) is 0 Å². The van der Waals surface area contributed by atoms with Crippen molar-refractivity contribution in [3.8, 4) is 0 Å². The average molecular weight is 243 g/mol. The lowest BCUT2D eigenvalue weighted by Gasteiger charge is -2.34. The number of aromatic nitrogens is 1. The van der Waals surface area contributed by atoms with E-state index in [-0.39, 0.29) is 11.6 Å². The first-order valence-electron chi connectivity index (χ1n) is 6.64. The molecule has 1 aliphatic rings. The van der Waals surface area contributed by atoms with Crippen LogP contribution in [0.5, 0.6) is 0 Å². The number of para-hydroxylation sites is 1. The predicted octanol–water partition coefficient (Wildman–Crippen LogP) is 2.48. The molecule has 1 fully saturated rings. The first-order valence-corrected chi connectivity index (χ1v) is 6.64. The molecular weight excluding hydrogens is 222 g/mol. The van der Waals surface area contributed by atoms with Crippen molar-refractivity contribution in [1.29, 1.82) is 0 Å². The minimum atomic E-state index is 0.0956. The third-order valence-corrected chi connectivity index (χ3v) is 4.47. The number of likely N-dealkylation sites (tertiary alicyclic amines) is 1. The fourth-order valence-electron chi connectivity index (χ4n) is 2.92. The molecule has 0 radical (unpaired) electrons. The van der Waals surface area contributed by atoms with Gasteiger partial charge in [-0.05, 0) is 31.9 Å². The summed E-state index contributed by atoms with van der Waals surface area (Å²) in [6.45, 7) is 6.57. The maximum Gasteiger partial charge on any atom is 0.0457 e. The van der Waals surface area contributed by atoms with E-state index in [0.717, 1.165) is 19.5 Å². The van der Waals surface area contributed by atoms with Crippen molar-refractivity contribution in [2.45, 2.75) is 38.4 Å².